The van der Waals surface area contributed by atoms with E-state index >= 15 is 0 Å². The van der Waals surface area contributed by atoms with Crippen LogP contribution in [0.25, 0.3) is 0 Å². The van der Waals surface area contributed by atoms with E-state index in [4.69, 9.17) is 11.6 Å². The molecule has 146 valence electrons. The van der Waals surface area contributed by atoms with Crippen molar-refractivity contribution in [2.45, 2.75) is 17.7 Å². The number of carbonyl (C=O) groups is 1. The molecule has 0 radical (unpaired) electrons. The molecule has 2 heterocycles. The van der Waals surface area contributed by atoms with Gasteiger partial charge in [-0.1, -0.05) is 11.6 Å². The van der Waals surface area contributed by atoms with Gasteiger partial charge in [-0.25, -0.2) is 12.8 Å². The molecule has 0 aliphatic carbocycles. The first-order valence-electron chi connectivity index (χ1n) is 8.34. The Labute approximate surface area is 164 Å². The number of piperazine rings is 1. The third-order valence-electron chi connectivity index (χ3n) is 4.76. The van der Waals surface area contributed by atoms with Crippen LogP contribution in [0, 0.1) is 11.7 Å². The highest BCUT2D eigenvalue weighted by Gasteiger charge is 2.34. The second kappa shape index (κ2) is 8.84. The Bertz CT molecular complexity index is 749. The lowest BCUT2D eigenvalue weighted by molar-refractivity contribution is -0.137. The van der Waals surface area contributed by atoms with Gasteiger partial charge in [0.1, 0.15) is 5.82 Å². The quantitative estimate of drug-likeness (QED) is 0.800. The summed E-state index contributed by atoms with van der Waals surface area (Å²) in [4.78, 5) is 14.4. The fourth-order valence-electron chi connectivity index (χ4n) is 3.27. The van der Waals surface area contributed by atoms with E-state index in [1.807, 2.05) is 4.90 Å². The largest absolute Gasteiger partial charge is 0.340 e. The molecule has 2 fully saturated rings. The van der Waals surface area contributed by atoms with Crippen LogP contribution in [-0.2, 0) is 14.8 Å². The number of hydrogen-bond acceptors (Lipinski definition) is 4. The minimum atomic E-state index is -3.73. The van der Waals surface area contributed by atoms with Crippen LogP contribution in [0.1, 0.15) is 12.8 Å². The Balaban J connectivity index is 0.00000243. The molecule has 10 heteroatoms. The van der Waals surface area contributed by atoms with Crippen molar-refractivity contribution in [2.75, 3.05) is 39.3 Å². The molecule has 6 nitrogen and oxygen atoms in total. The van der Waals surface area contributed by atoms with Crippen LogP contribution >= 0.6 is 24.0 Å². The monoisotopic (exact) mass is 425 g/mol. The standard InChI is InChI=1S/C16H21ClFN3O3S.ClH/c17-14-11-13(1-2-15(14)18)25(23,24)21-7-3-12(4-8-21)16(22)20-9-5-19-6-10-20;/h1-2,11-12,19H,3-10H2;1H. The van der Waals surface area contributed by atoms with Crippen molar-refractivity contribution in [3.05, 3.63) is 29.0 Å². The normalized spacial score (nSPS) is 19.8. The van der Waals surface area contributed by atoms with Crippen LogP contribution in [0.5, 0.6) is 0 Å². The molecule has 0 bridgehead atoms. The van der Waals surface area contributed by atoms with Gasteiger partial charge in [-0.05, 0) is 31.0 Å². The van der Waals surface area contributed by atoms with Crippen LogP contribution < -0.4 is 5.32 Å². The zero-order valence-corrected chi connectivity index (χ0v) is 16.5. The molecule has 1 aromatic carbocycles. The topological polar surface area (TPSA) is 69.7 Å². The summed E-state index contributed by atoms with van der Waals surface area (Å²) < 4.78 is 39.9. The van der Waals surface area contributed by atoms with Crippen molar-refractivity contribution in [1.29, 1.82) is 0 Å². The van der Waals surface area contributed by atoms with Crippen molar-refractivity contribution < 1.29 is 17.6 Å². The molecule has 1 amide bonds. The highest BCUT2D eigenvalue weighted by atomic mass is 35.5. The van der Waals surface area contributed by atoms with Crippen LogP contribution in [0.4, 0.5) is 4.39 Å². The lowest BCUT2D eigenvalue weighted by Gasteiger charge is -2.35. The van der Waals surface area contributed by atoms with Crippen LogP contribution in [-0.4, -0.2) is 62.8 Å². The summed E-state index contributed by atoms with van der Waals surface area (Å²) in [5.41, 5.74) is 0. The number of piperidine rings is 1. The van der Waals surface area contributed by atoms with Gasteiger partial charge in [0.2, 0.25) is 15.9 Å². The number of carbonyl (C=O) groups excluding carboxylic acids is 1. The molecule has 0 atom stereocenters. The van der Waals surface area contributed by atoms with Crippen molar-refractivity contribution in [3.63, 3.8) is 0 Å². The first-order valence-corrected chi connectivity index (χ1v) is 10.2. The fourth-order valence-corrected chi connectivity index (χ4v) is 5.01. The Morgan fingerprint density at radius 3 is 2.35 bits per heavy atom. The summed E-state index contributed by atoms with van der Waals surface area (Å²) in [5, 5.41) is 2.99. The summed E-state index contributed by atoms with van der Waals surface area (Å²) in [7, 11) is -3.73. The highest BCUT2D eigenvalue weighted by molar-refractivity contribution is 7.89. The van der Waals surface area contributed by atoms with Gasteiger partial charge in [-0.3, -0.25) is 4.79 Å². The van der Waals surface area contributed by atoms with E-state index in [0.29, 0.717) is 25.9 Å². The maximum absolute atomic E-state index is 13.3. The van der Waals surface area contributed by atoms with Gasteiger partial charge in [-0.15, -0.1) is 12.4 Å². The number of rotatable bonds is 3. The first kappa shape index (κ1) is 21.4. The van der Waals surface area contributed by atoms with Gasteiger partial charge in [0.25, 0.3) is 0 Å². The summed E-state index contributed by atoms with van der Waals surface area (Å²) >= 11 is 5.70. The number of nitrogens with one attached hydrogen (secondary N) is 1. The molecule has 1 N–H and O–H groups in total. The molecule has 0 unspecified atom stereocenters. The van der Waals surface area contributed by atoms with Crippen molar-refractivity contribution in [2.24, 2.45) is 5.92 Å². The summed E-state index contributed by atoms with van der Waals surface area (Å²) in [6.07, 6.45) is 0.994. The van der Waals surface area contributed by atoms with Crippen LogP contribution in [0.2, 0.25) is 5.02 Å². The van der Waals surface area contributed by atoms with E-state index in [-0.39, 0.29) is 47.2 Å². The average molecular weight is 426 g/mol. The number of hydrogen-bond donors (Lipinski definition) is 1. The van der Waals surface area contributed by atoms with Gasteiger partial charge in [-0.2, -0.15) is 4.31 Å². The third-order valence-corrected chi connectivity index (χ3v) is 6.94. The van der Waals surface area contributed by atoms with E-state index in [9.17, 15) is 17.6 Å². The number of benzene rings is 1. The predicted molar refractivity (Wildman–Crippen MR) is 99.6 cm³/mol. The van der Waals surface area contributed by atoms with Gasteiger partial charge in [0, 0.05) is 45.2 Å². The molecule has 26 heavy (non-hydrogen) atoms. The van der Waals surface area contributed by atoms with Gasteiger partial charge in [0.05, 0.1) is 9.92 Å². The molecule has 2 aliphatic heterocycles. The van der Waals surface area contributed by atoms with E-state index in [1.165, 1.54) is 10.4 Å². The second-order valence-electron chi connectivity index (χ2n) is 6.33. The number of halogens is 3. The average Bonchev–Trinajstić information content (AvgIpc) is 2.64. The maximum Gasteiger partial charge on any atom is 0.243 e. The van der Waals surface area contributed by atoms with Gasteiger partial charge < -0.3 is 10.2 Å². The molecule has 0 aromatic heterocycles. The summed E-state index contributed by atoms with van der Waals surface area (Å²) in [5.74, 6) is -0.675. The Hall–Kier alpha value is -0.930. The Kier molecular flexibility index (Phi) is 7.27. The minimum absolute atomic E-state index is 0. The van der Waals surface area contributed by atoms with Gasteiger partial charge in [0.15, 0.2) is 0 Å². The summed E-state index contributed by atoms with van der Waals surface area (Å²) in [6, 6.07) is 3.40. The molecule has 2 aliphatic rings. The molecule has 3 rings (SSSR count). The molecule has 0 spiro atoms. The fraction of sp³-hybridized carbons (Fsp3) is 0.562. The van der Waals surface area contributed by atoms with E-state index in [0.717, 1.165) is 25.2 Å². The van der Waals surface area contributed by atoms with E-state index in [1.54, 1.807) is 0 Å². The zero-order chi connectivity index (χ0) is 18.0. The number of sulfonamides is 1. The number of amides is 1. The summed E-state index contributed by atoms with van der Waals surface area (Å²) in [6.45, 7) is 3.55. The SMILES string of the molecule is Cl.O=C(C1CCN(S(=O)(=O)c2ccc(F)c(Cl)c2)CC1)N1CCNCC1. The lowest BCUT2D eigenvalue weighted by atomic mass is 9.96. The molecule has 1 aromatic rings. The van der Waals surface area contributed by atoms with Gasteiger partial charge >= 0.3 is 0 Å². The minimum Gasteiger partial charge on any atom is -0.340 e. The van der Waals surface area contributed by atoms with Crippen molar-refractivity contribution in [3.8, 4) is 0 Å². The van der Waals surface area contributed by atoms with E-state index < -0.39 is 15.8 Å². The van der Waals surface area contributed by atoms with E-state index in [2.05, 4.69) is 5.32 Å². The highest BCUT2D eigenvalue weighted by Crippen LogP contribution is 2.27. The Morgan fingerprint density at radius 2 is 1.77 bits per heavy atom. The smallest absolute Gasteiger partial charge is 0.243 e. The maximum atomic E-state index is 13.3. The number of nitrogens with zero attached hydrogens (tertiary/aromatic N) is 2. The molecular weight excluding hydrogens is 404 g/mol. The second-order valence-corrected chi connectivity index (χ2v) is 8.67. The molecule has 2 saturated heterocycles. The van der Waals surface area contributed by atoms with Crippen molar-refractivity contribution in [1.82, 2.24) is 14.5 Å². The lowest BCUT2D eigenvalue weighted by Crippen LogP contribution is -2.50. The van der Waals surface area contributed by atoms with Crippen LogP contribution in [0.15, 0.2) is 23.1 Å². The Morgan fingerprint density at radius 1 is 1.15 bits per heavy atom. The predicted octanol–water partition coefficient (Wildman–Crippen LogP) is 1.73. The third kappa shape index (κ3) is 4.48. The first-order chi connectivity index (χ1) is 11.9. The van der Waals surface area contributed by atoms with Crippen LogP contribution in [0.3, 0.4) is 0 Å². The molecule has 0 saturated carbocycles. The molecular formula is C16H22Cl2FN3O3S. The van der Waals surface area contributed by atoms with Crippen molar-refractivity contribution >= 4 is 39.9 Å². The zero-order valence-electron chi connectivity index (χ0n) is 14.2.